The molecule has 0 fully saturated rings. The summed E-state index contributed by atoms with van der Waals surface area (Å²) in [7, 11) is 1.91. The van der Waals surface area contributed by atoms with E-state index in [1.165, 1.54) is 5.56 Å². The van der Waals surface area contributed by atoms with Crippen molar-refractivity contribution in [3.63, 3.8) is 0 Å². The van der Waals surface area contributed by atoms with Gasteiger partial charge in [0.1, 0.15) is 0 Å². The molecular weight excluding hydrogens is 210 g/mol. The number of hydrogen-bond acceptors (Lipinski definition) is 1. The molecule has 0 N–H and O–H groups in total. The van der Waals surface area contributed by atoms with Crippen LogP contribution < -0.4 is 0 Å². The average molecular weight is 227 g/mol. The number of rotatable bonds is 3. The molecule has 2 nitrogen and oxygen atoms in total. The van der Waals surface area contributed by atoms with Gasteiger partial charge in [0, 0.05) is 12.7 Å². The lowest BCUT2D eigenvalue weighted by Crippen LogP contribution is -1.96. The molecule has 0 aliphatic carbocycles. The normalized spacial score (nSPS) is 10.8. The Morgan fingerprint density at radius 3 is 2.18 bits per heavy atom. The Bertz CT molecular complexity index is 520. The Balaban J connectivity index is 2.39. The Hall–Kier alpha value is -1.83. The van der Waals surface area contributed by atoms with Gasteiger partial charge in [-0.05, 0) is 29.2 Å². The van der Waals surface area contributed by atoms with Gasteiger partial charge in [-0.3, -0.25) is 4.79 Å². The lowest BCUT2D eigenvalue weighted by molar-refractivity contribution is 0.111. The number of nitrogens with zero attached hydrogens (tertiary/aromatic N) is 1. The van der Waals surface area contributed by atoms with E-state index in [2.05, 4.69) is 38.1 Å². The van der Waals surface area contributed by atoms with Gasteiger partial charge in [0.25, 0.3) is 0 Å². The fraction of sp³-hybridized carbons (Fsp3) is 0.267. The SMILES string of the molecule is CC(C)c1ccc(-c2ccc(C=O)n2C)cc1. The third-order valence-electron chi connectivity index (χ3n) is 3.15. The van der Waals surface area contributed by atoms with Crippen LogP contribution >= 0.6 is 0 Å². The second-order valence-electron chi connectivity index (χ2n) is 4.60. The summed E-state index contributed by atoms with van der Waals surface area (Å²) in [5.74, 6) is 0.544. The van der Waals surface area contributed by atoms with E-state index in [1.807, 2.05) is 23.7 Å². The molecule has 1 aromatic carbocycles. The number of benzene rings is 1. The maximum Gasteiger partial charge on any atom is 0.166 e. The maximum atomic E-state index is 10.8. The molecule has 0 bridgehead atoms. The Labute approximate surface area is 102 Å². The monoisotopic (exact) mass is 227 g/mol. The average Bonchev–Trinajstić information content (AvgIpc) is 2.70. The molecule has 0 atom stereocenters. The highest BCUT2D eigenvalue weighted by atomic mass is 16.1. The first-order valence-corrected chi connectivity index (χ1v) is 5.84. The molecule has 0 unspecified atom stereocenters. The van der Waals surface area contributed by atoms with Crippen LogP contribution in [0.1, 0.15) is 35.8 Å². The molecule has 1 heterocycles. The Morgan fingerprint density at radius 2 is 1.71 bits per heavy atom. The third kappa shape index (κ3) is 2.16. The zero-order chi connectivity index (χ0) is 12.4. The standard InChI is InChI=1S/C15H17NO/c1-11(2)12-4-6-13(7-5-12)15-9-8-14(10-17)16(15)3/h4-11H,1-3H3. The first-order chi connectivity index (χ1) is 8.13. The molecule has 0 aliphatic rings. The molecule has 0 aliphatic heterocycles. The molecule has 2 aromatic rings. The summed E-state index contributed by atoms with van der Waals surface area (Å²) in [5, 5.41) is 0. The van der Waals surface area contributed by atoms with Crippen molar-refractivity contribution < 1.29 is 4.79 Å². The molecule has 0 spiro atoms. The molecule has 0 saturated carbocycles. The van der Waals surface area contributed by atoms with Crippen molar-refractivity contribution in [2.45, 2.75) is 19.8 Å². The first-order valence-electron chi connectivity index (χ1n) is 5.84. The highest BCUT2D eigenvalue weighted by molar-refractivity contribution is 5.76. The van der Waals surface area contributed by atoms with Gasteiger partial charge in [-0.15, -0.1) is 0 Å². The van der Waals surface area contributed by atoms with Gasteiger partial charge in [0.15, 0.2) is 6.29 Å². The van der Waals surface area contributed by atoms with Gasteiger partial charge in [-0.2, -0.15) is 0 Å². The van der Waals surface area contributed by atoms with Crippen LogP contribution in [0.25, 0.3) is 11.3 Å². The van der Waals surface area contributed by atoms with Crippen LogP contribution in [0.5, 0.6) is 0 Å². The summed E-state index contributed by atoms with van der Waals surface area (Å²) < 4.78 is 1.91. The molecule has 0 saturated heterocycles. The van der Waals surface area contributed by atoms with E-state index in [0.717, 1.165) is 17.5 Å². The van der Waals surface area contributed by atoms with Crippen molar-refractivity contribution >= 4 is 6.29 Å². The quantitative estimate of drug-likeness (QED) is 0.734. The molecule has 0 amide bonds. The predicted octanol–water partition coefficient (Wildman–Crippen LogP) is 3.63. The van der Waals surface area contributed by atoms with Gasteiger partial charge in [-0.25, -0.2) is 0 Å². The summed E-state index contributed by atoms with van der Waals surface area (Å²) in [6, 6.07) is 12.3. The van der Waals surface area contributed by atoms with Crippen LogP contribution in [0.15, 0.2) is 36.4 Å². The molecular formula is C15H17NO. The van der Waals surface area contributed by atoms with Crippen LogP contribution in [-0.4, -0.2) is 10.9 Å². The van der Waals surface area contributed by atoms with Crippen LogP contribution in [0.2, 0.25) is 0 Å². The Morgan fingerprint density at radius 1 is 1.06 bits per heavy atom. The van der Waals surface area contributed by atoms with Gasteiger partial charge >= 0.3 is 0 Å². The van der Waals surface area contributed by atoms with Crippen molar-refractivity contribution in [2.75, 3.05) is 0 Å². The Kier molecular flexibility index (Phi) is 3.14. The van der Waals surface area contributed by atoms with Gasteiger partial charge in [-0.1, -0.05) is 38.1 Å². The molecule has 0 radical (unpaired) electrons. The molecule has 1 aromatic heterocycles. The zero-order valence-corrected chi connectivity index (χ0v) is 10.5. The van der Waals surface area contributed by atoms with Crippen LogP contribution in [0.4, 0.5) is 0 Å². The van der Waals surface area contributed by atoms with Crippen LogP contribution in [0.3, 0.4) is 0 Å². The smallest absolute Gasteiger partial charge is 0.166 e. The topological polar surface area (TPSA) is 22.0 Å². The minimum absolute atomic E-state index is 0.544. The second kappa shape index (κ2) is 4.58. The number of hydrogen-bond donors (Lipinski definition) is 0. The van der Waals surface area contributed by atoms with Gasteiger partial charge in [0.05, 0.1) is 5.69 Å². The minimum atomic E-state index is 0.544. The van der Waals surface area contributed by atoms with E-state index in [1.54, 1.807) is 0 Å². The van der Waals surface area contributed by atoms with Crippen molar-refractivity contribution in [1.82, 2.24) is 4.57 Å². The predicted molar refractivity (Wildman–Crippen MR) is 70.3 cm³/mol. The van der Waals surface area contributed by atoms with Crippen molar-refractivity contribution in [2.24, 2.45) is 7.05 Å². The largest absolute Gasteiger partial charge is 0.341 e. The highest BCUT2D eigenvalue weighted by Gasteiger charge is 2.06. The van der Waals surface area contributed by atoms with Gasteiger partial charge < -0.3 is 4.57 Å². The fourth-order valence-electron chi connectivity index (χ4n) is 1.97. The molecule has 2 rings (SSSR count). The maximum absolute atomic E-state index is 10.8. The third-order valence-corrected chi connectivity index (χ3v) is 3.15. The van der Waals surface area contributed by atoms with Crippen molar-refractivity contribution in [3.05, 3.63) is 47.7 Å². The van der Waals surface area contributed by atoms with Crippen molar-refractivity contribution in [3.8, 4) is 11.3 Å². The summed E-state index contributed by atoms with van der Waals surface area (Å²) in [5.41, 5.74) is 4.25. The van der Waals surface area contributed by atoms with E-state index in [-0.39, 0.29) is 0 Å². The summed E-state index contributed by atoms with van der Waals surface area (Å²) in [6.45, 7) is 4.37. The highest BCUT2D eigenvalue weighted by Crippen LogP contribution is 2.23. The summed E-state index contributed by atoms with van der Waals surface area (Å²) in [6.07, 6.45) is 0.881. The first kappa shape index (κ1) is 11.6. The van der Waals surface area contributed by atoms with Gasteiger partial charge in [0.2, 0.25) is 0 Å². The fourth-order valence-corrected chi connectivity index (χ4v) is 1.97. The lowest BCUT2D eigenvalue weighted by Gasteiger charge is -2.08. The van der Waals surface area contributed by atoms with Crippen molar-refractivity contribution in [1.29, 1.82) is 0 Å². The number of aromatic nitrogens is 1. The lowest BCUT2D eigenvalue weighted by atomic mass is 10.0. The van der Waals surface area contributed by atoms with E-state index >= 15 is 0 Å². The molecule has 88 valence electrons. The van der Waals surface area contributed by atoms with E-state index < -0.39 is 0 Å². The number of aldehydes is 1. The zero-order valence-electron chi connectivity index (χ0n) is 10.5. The van der Waals surface area contributed by atoms with Crippen LogP contribution in [-0.2, 0) is 7.05 Å². The summed E-state index contributed by atoms with van der Waals surface area (Å²) >= 11 is 0. The second-order valence-corrected chi connectivity index (χ2v) is 4.60. The molecule has 2 heteroatoms. The number of carbonyl (C=O) groups is 1. The minimum Gasteiger partial charge on any atom is -0.341 e. The van der Waals surface area contributed by atoms with E-state index in [0.29, 0.717) is 11.6 Å². The van der Waals surface area contributed by atoms with E-state index in [9.17, 15) is 4.79 Å². The van der Waals surface area contributed by atoms with Crippen LogP contribution in [0, 0.1) is 0 Å². The van der Waals surface area contributed by atoms with E-state index in [4.69, 9.17) is 0 Å². The summed E-state index contributed by atoms with van der Waals surface area (Å²) in [4.78, 5) is 10.8. The number of carbonyl (C=O) groups excluding carboxylic acids is 1. The molecule has 17 heavy (non-hydrogen) atoms.